The van der Waals surface area contributed by atoms with Gasteiger partial charge in [0.15, 0.2) is 11.6 Å². The molecule has 2 aliphatic rings. The van der Waals surface area contributed by atoms with Crippen LogP contribution in [0.15, 0.2) is 86.3 Å². The number of H-pyrrole nitrogens is 1. The van der Waals surface area contributed by atoms with Crippen molar-refractivity contribution >= 4 is 110 Å². The van der Waals surface area contributed by atoms with E-state index in [1.165, 1.54) is 18.2 Å². The van der Waals surface area contributed by atoms with Gasteiger partial charge in [-0.05, 0) is 90.6 Å². The molecule has 2 N–H and O–H groups in total. The maximum absolute atomic E-state index is 12.9. The van der Waals surface area contributed by atoms with E-state index in [9.17, 15) is 29.1 Å². The number of Topliss-reactive ketones (excluding diaryl/α,β-unsaturated/α-hetero) is 2. The average Bonchev–Trinajstić information content (AvgIpc) is 3.56. The number of hydrogen-bond donors (Lipinski definition) is 2. The van der Waals surface area contributed by atoms with Gasteiger partial charge in [-0.25, -0.2) is 9.36 Å². The first-order valence-corrected chi connectivity index (χ1v) is 14.9. The first-order chi connectivity index (χ1) is 20.0. The van der Waals surface area contributed by atoms with Gasteiger partial charge >= 0.3 is 6.09 Å². The lowest BCUT2D eigenvalue weighted by Crippen LogP contribution is -2.18. The summed E-state index contributed by atoms with van der Waals surface area (Å²) in [5.41, 5.74) is 3.62. The monoisotopic (exact) mass is 752 g/mol. The number of carbonyl (C=O) groups is 5. The molecule has 2 heterocycles. The number of hydrogen-bond acceptors (Lipinski definition) is 5. The van der Waals surface area contributed by atoms with Crippen molar-refractivity contribution in [3.63, 3.8) is 0 Å². The number of halogens is 3. The number of aromatic amines is 1. The van der Waals surface area contributed by atoms with Crippen molar-refractivity contribution in [2.45, 2.75) is 13.3 Å². The number of nitrogens with zero attached hydrogens (tertiary/aromatic N) is 1. The van der Waals surface area contributed by atoms with Crippen LogP contribution >= 0.6 is 47.8 Å². The Morgan fingerprint density at radius 1 is 0.881 bits per heavy atom. The zero-order chi connectivity index (χ0) is 30.3. The second-order valence-corrected chi connectivity index (χ2v) is 11.6. The number of aromatic nitrogens is 2. The molecule has 0 bridgehead atoms. The Labute approximate surface area is 263 Å². The third-order valence-corrected chi connectivity index (χ3v) is 9.56. The normalized spacial score (nSPS) is 15.5. The minimum atomic E-state index is -1.14. The van der Waals surface area contributed by atoms with E-state index in [-0.39, 0.29) is 42.2 Å². The van der Waals surface area contributed by atoms with Crippen LogP contribution in [0.3, 0.4) is 0 Å². The molecular weight excluding hydrogens is 736 g/mol. The van der Waals surface area contributed by atoms with Crippen molar-refractivity contribution in [2.24, 2.45) is 0 Å². The Balaban J connectivity index is 0.000000180. The number of nitrogens with one attached hydrogen (secondary N) is 1. The molecule has 0 radical (unpaired) electrons. The molecule has 0 amide bonds. The molecule has 0 atom stereocenters. The quantitative estimate of drug-likeness (QED) is 0.212. The Morgan fingerprint density at radius 3 is 2.24 bits per heavy atom. The number of benzene rings is 2. The van der Waals surface area contributed by atoms with E-state index < -0.39 is 6.09 Å². The fraction of sp³-hybridized carbons (Fsp3) is 0.0645. The lowest BCUT2D eigenvalue weighted by atomic mass is 9.93. The minimum Gasteiger partial charge on any atom is -0.464 e. The summed E-state index contributed by atoms with van der Waals surface area (Å²) in [6, 6.07) is 16.5. The lowest BCUT2D eigenvalue weighted by molar-refractivity contribution is -0.113. The highest BCUT2D eigenvalue weighted by molar-refractivity contribution is 9.15. The summed E-state index contributed by atoms with van der Waals surface area (Å²) in [7, 11) is 0. The summed E-state index contributed by atoms with van der Waals surface area (Å²) in [6.07, 6.45) is 3.20. The van der Waals surface area contributed by atoms with Gasteiger partial charge in [0.1, 0.15) is 0 Å². The molecule has 210 valence electrons. The van der Waals surface area contributed by atoms with Crippen LogP contribution in [-0.2, 0) is 25.6 Å². The molecule has 2 aromatic heterocycles. The van der Waals surface area contributed by atoms with E-state index in [2.05, 4.69) is 52.8 Å². The molecular formula is C31H19Br3N2O6. The third kappa shape index (κ3) is 5.12. The molecule has 0 aliphatic heterocycles. The fourth-order valence-corrected chi connectivity index (χ4v) is 6.50. The molecule has 0 fully saturated rings. The van der Waals surface area contributed by atoms with Crippen molar-refractivity contribution in [1.29, 1.82) is 0 Å². The molecule has 4 aromatic rings. The van der Waals surface area contributed by atoms with Crippen LogP contribution in [0.5, 0.6) is 0 Å². The van der Waals surface area contributed by atoms with Gasteiger partial charge in [-0.15, -0.1) is 0 Å². The summed E-state index contributed by atoms with van der Waals surface area (Å²) in [4.78, 5) is 63.2. The molecule has 0 saturated carbocycles. The van der Waals surface area contributed by atoms with E-state index in [0.717, 1.165) is 15.5 Å². The van der Waals surface area contributed by atoms with Gasteiger partial charge in [0.05, 0.1) is 30.2 Å². The maximum atomic E-state index is 12.9. The molecule has 11 heteroatoms. The molecule has 6 rings (SSSR count). The van der Waals surface area contributed by atoms with E-state index in [4.69, 9.17) is 0 Å². The highest BCUT2D eigenvalue weighted by Crippen LogP contribution is 2.43. The Bertz CT molecular complexity index is 1970. The zero-order valence-electron chi connectivity index (χ0n) is 21.7. The van der Waals surface area contributed by atoms with Crippen molar-refractivity contribution < 1.29 is 29.1 Å². The Hall–Kier alpha value is -3.93. The van der Waals surface area contributed by atoms with Crippen molar-refractivity contribution in [3.05, 3.63) is 103 Å². The fourth-order valence-electron chi connectivity index (χ4n) is 4.91. The predicted molar refractivity (Wildman–Crippen MR) is 171 cm³/mol. The molecule has 0 unspecified atom stereocenters. The van der Waals surface area contributed by atoms with Crippen LogP contribution in [0.4, 0.5) is 4.79 Å². The van der Waals surface area contributed by atoms with Gasteiger partial charge in [0.25, 0.3) is 0 Å². The van der Waals surface area contributed by atoms with Crippen molar-refractivity contribution in [1.82, 2.24) is 9.55 Å². The van der Waals surface area contributed by atoms with E-state index in [0.29, 0.717) is 39.8 Å². The van der Waals surface area contributed by atoms with Gasteiger partial charge in [0, 0.05) is 33.1 Å². The molecule has 42 heavy (non-hydrogen) atoms. The summed E-state index contributed by atoms with van der Waals surface area (Å²) in [5.74, 6) is -1.06. The average molecular weight is 755 g/mol. The largest absolute Gasteiger partial charge is 0.464 e. The minimum absolute atomic E-state index is 0.107. The second kappa shape index (κ2) is 11.7. The van der Waals surface area contributed by atoms with Gasteiger partial charge < -0.3 is 10.1 Å². The Morgan fingerprint density at radius 2 is 1.55 bits per heavy atom. The van der Waals surface area contributed by atoms with E-state index >= 15 is 0 Å². The van der Waals surface area contributed by atoms with Crippen LogP contribution in [0.2, 0.25) is 0 Å². The number of carboxylic acid groups (broad SMARTS) is 1. The number of carbonyl (C=O) groups excluding carboxylic acids is 4. The SMILES string of the molecule is CCc1c(C2=C(Br)C(=O)C(Br)=C(Br)C2=O)c2ccccc2n1C(=O)O.O=C1C=CC(=O)C(c2cc3ccccc3[nH]2)=C1. The molecule has 2 aliphatic carbocycles. The summed E-state index contributed by atoms with van der Waals surface area (Å²) < 4.78 is 1.52. The first-order valence-electron chi connectivity index (χ1n) is 12.5. The summed E-state index contributed by atoms with van der Waals surface area (Å²) >= 11 is 9.50. The van der Waals surface area contributed by atoms with Crippen LogP contribution in [0.25, 0.3) is 33.0 Å². The number of allylic oxidation sites excluding steroid dienone is 8. The summed E-state index contributed by atoms with van der Waals surface area (Å²) in [5, 5.41) is 11.3. The molecule has 8 nitrogen and oxygen atoms in total. The number of fused-ring (bicyclic) bond motifs is 2. The smallest absolute Gasteiger partial charge is 0.416 e. The Kier molecular flexibility index (Phi) is 8.27. The third-order valence-electron chi connectivity index (χ3n) is 6.76. The van der Waals surface area contributed by atoms with Crippen LogP contribution in [0.1, 0.15) is 23.9 Å². The van der Waals surface area contributed by atoms with Crippen LogP contribution < -0.4 is 0 Å². The van der Waals surface area contributed by atoms with E-state index in [1.54, 1.807) is 24.3 Å². The maximum Gasteiger partial charge on any atom is 0.416 e. The van der Waals surface area contributed by atoms with Crippen LogP contribution in [-0.4, -0.2) is 43.9 Å². The number of rotatable bonds is 3. The standard InChI is InChI=1S/C17H10Br3NO4.C14H9NO2/c1-2-8-10(7-5-3-4-6-9(7)21(8)17(24)25)11-12(18)16(23)14(20)13(19)15(11)22;16-10-5-6-14(17)11(8-10)13-7-9-3-1-2-4-12(9)15-13/h3-6H,2H2,1H3,(H,24,25);1-8,15H. The molecule has 0 saturated heterocycles. The van der Waals surface area contributed by atoms with Gasteiger partial charge in [-0.1, -0.05) is 43.3 Å². The molecule has 2 aromatic carbocycles. The number of ketones is 4. The zero-order valence-corrected chi connectivity index (χ0v) is 26.5. The van der Waals surface area contributed by atoms with Gasteiger partial charge in [0.2, 0.25) is 11.6 Å². The van der Waals surface area contributed by atoms with Crippen molar-refractivity contribution in [3.8, 4) is 0 Å². The second-order valence-electron chi connectivity index (χ2n) is 9.21. The lowest BCUT2D eigenvalue weighted by Gasteiger charge is -2.16. The first kappa shape index (κ1) is 29.6. The molecule has 0 spiro atoms. The highest BCUT2D eigenvalue weighted by Gasteiger charge is 2.35. The van der Waals surface area contributed by atoms with Crippen molar-refractivity contribution in [2.75, 3.05) is 0 Å². The van der Waals surface area contributed by atoms with E-state index in [1.807, 2.05) is 37.3 Å². The highest BCUT2D eigenvalue weighted by atomic mass is 79.9. The number of para-hydroxylation sites is 2. The van der Waals surface area contributed by atoms with Crippen LogP contribution in [0, 0.1) is 0 Å². The van der Waals surface area contributed by atoms with Gasteiger partial charge in [-0.2, -0.15) is 0 Å². The topological polar surface area (TPSA) is 126 Å². The summed E-state index contributed by atoms with van der Waals surface area (Å²) in [6.45, 7) is 1.81. The predicted octanol–water partition coefficient (Wildman–Crippen LogP) is 7.25. The van der Waals surface area contributed by atoms with Gasteiger partial charge in [-0.3, -0.25) is 19.2 Å².